The predicted octanol–water partition coefficient (Wildman–Crippen LogP) is 3.03. The fourth-order valence-electron chi connectivity index (χ4n) is 3.74. The number of carboxylic acids is 1. The van der Waals surface area contributed by atoms with Crippen LogP contribution >= 0.6 is 0 Å². The van der Waals surface area contributed by atoms with Crippen LogP contribution in [0.5, 0.6) is 0 Å². The normalized spacial score (nSPS) is 15.3. The Morgan fingerprint density at radius 3 is 2.48 bits per heavy atom. The Morgan fingerprint density at radius 1 is 1.12 bits per heavy atom. The molecule has 0 fully saturated rings. The molecule has 2 aromatic heterocycles. The molecule has 1 aliphatic carbocycles. The lowest BCUT2D eigenvalue weighted by atomic mass is 9.91. The van der Waals surface area contributed by atoms with Crippen LogP contribution in [0.25, 0.3) is 0 Å². The number of halogens is 3. The number of nitrogens with one attached hydrogen (secondary N) is 1. The number of rotatable bonds is 6. The molecule has 0 saturated carbocycles. The van der Waals surface area contributed by atoms with Crippen LogP contribution in [0.3, 0.4) is 0 Å². The summed E-state index contributed by atoms with van der Waals surface area (Å²) in [6, 6.07) is 16.6. The van der Waals surface area contributed by atoms with Gasteiger partial charge in [-0.25, -0.2) is 4.79 Å². The molecule has 1 unspecified atom stereocenters. The van der Waals surface area contributed by atoms with Gasteiger partial charge in [-0.05, 0) is 36.5 Å². The van der Waals surface area contributed by atoms with E-state index in [0.717, 1.165) is 32.4 Å². The second kappa shape index (κ2) is 11.0. The maximum atomic E-state index is 12.4. The lowest BCUT2D eigenvalue weighted by molar-refractivity contribution is -0.192. The number of carbonyl (C=O) groups is 1. The Hall–Kier alpha value is -3.40. The zero-order valence-electron chi connectivity index (χ0n) is 17.8. The minimum absolute atomic E-state index is 0.0894. The number of benzene rings is 1. The molecule has 0 bridgehead atoms. The number of pyridine rings is 1. The van der Waals surface area contributed by atoms with E-state index in [1.54, 1.807) is 12.3 Å². The smallest absolute Gasteiger partial charge is 0.475 e. The minimum atomic E-state index is -5.08. The Labute approximate surface area is 188 Å². The molecule has 3 aromatic rings. The van der Waals surface area contributed by atoms with Crippen molar-refractivity contribution in [3.63, 3.8) is 0 Å². The molecule has 2 N–H and O–H groups in total. The molecule has 0 saturated heterocycles. The standard InChI is InChI=1S/C21H24N4O.C2HF3O2/c26-21-10-7-18-15-19(22-16-17-5-2-1-3-6-17)8-9-20(18)25(21)14-13-24-12-4-11-23-24;3-2(4,5)1(6)7/h1-7,10-12,19,22H,8-9,13-16H2;(H,6,7). The van der Waals surface area contributed by atoms with Crippen LogP contribution in [0.1, 0.15) is 23.2 Å². The third-order valence-corrected chi connectivity index (χ3v) is 5.38. The van der Waals surface area contributed by atoms with Gasteiger partial charge in [-0.1, -0.05) is 36.4 Å². The van der Waals surface area contributed by atoms with Gasteiger partial charge < -0.3 is 15.0 Å². The number of fused-ring (bicyclic) bond motifs is 1. The number of carboxylic acid groups (broad SMARTS) is 1. The maximum Gasteiger partial charge on any atom is 0.490 e. The largest absolute Gasteiger partial charge is 0.490 e. The van der Waals surface area contributed by atoms with E-state index in [0.29, 0.717) is 12.6 Å². The van der Waals surface area contributed by atoms with Crippen molar-refractivity contribution in [1.82, 2.24) is 19.7 Å². The first-order valence-electron chi connectivity index (χ1n) is 10.5. The van der Waals surface area contributed by atoms with E-state index < -0.39 is 12.1 Å². The van der Waals surface area contributed by atoms with Gasteiger partial charge in [0.2, 0.25) is 0 Å². The topological polar surface area (TPSA) is 89.1 Å². The first kappa shape index (κ1) is 24.2. The first-order chi connectivity index (χ1) is 15.7. The van der Waals surface area contributed by atoms with Crippen LogP contribution in [0.4, 0.5) is 13.2 Å². The van der Waals surface area contributed by atoms with Gasteiger partial charge in [0, 0.05) is 43.3 Å². The summed E-state index contributed by atoms with van der Waals surface area (Å²) < 4.78 is 35.5. The molecule has 33 heavy (non-hydrogen) atoms. The SMILES string of the molecule is O=C(O)C(F)(F)F.O=c1ccc2c(n1CCn1cccn1)CCC(NCc1ccccc1)C2. The fourth-order valence-corrected chi connectivity index (χ4v) is 3.74. The number of hydrogen-bond acceptors (Lipinski definition) is 4. The average Bonchev–Trinajstić information content (AvgIpc) is 3.31. The predicted molar refractivity (Wildman–Crippen MR) is 116 cm³/mol. The van der Waals surface area contributed by atoms with E-state index in [4.69, 9.17) is 9.90 Å². The van der Waals surface area contributed by atoms with Crippen LogP contribution < -0.4 is 10.9 Å². The monoisotopic (exact) mass is 462 g/mol. The molecule has 1 atom stereocenters. The average molecular weight is 462 g/mol. The summed E-state index contributed by atoms with van der Waals surface area (Å²) in [6.07, 6.45) is 1.60. The molecule has 0 radical (unpaired) electrons. The fraction of sp³-hybridized carbons (Fsp3) is 0.348. The molecule has 176 valence electrons. The zero-order valence-corrected chi connectivity index (χ0v) is 17.8. The summed E-state index contributed by atoms with van der Waals surface area (Å²) >= 11 is 0. The number of nitrogens with zero attached hydrogens (tertiary/aromatic N) is 3. The van der Waals surface area contributed by atoms with Crippen molar-refractivity contribution >= 4 is 5.97 Å². The summed E-state index contributed by atoms with van der Waals surface area (Å²) in [4.78, 5) is 21.3. The number of aryl methyl sites for hydroxylation is 1. The van der Waals surface area contributed by atoms with Crippen LogP contribution in [-0.4, -0.2) is 37.6 Å². The van der Waals surface area contributed by atoms with Crippen molar-refractivity contribution in [3.8, 4) is 0 Å². The molecule has 0 aliphatic heterocycles. The van der Waals surface area contributed by atoms with Gasteiger partial charge in [0.25, 0.3) is 5.56 Å². The molecule has 7 nitrogen and oxygen atoms in total. The lowest BCUT2D eigenvalue weighted by Gasteiger charge is -2.28. The quantitative estimate of drug-likeness (QED) is 0.588. The molecule has 1 aliphatic rings. The van der Waals surface area contributed by atoms with E-state index in [1.165, 1.54) is 16.8 Å². The molecule has 2 heterocycles. The van der Waals surface area contributed by atoms with Gasteiger partial charge in [0.15, 0.2) is 0 Å². The van der Waals surface area contributed by atoms with E-state index in [9.17, 15) is 18.0 Å². The van der Waals surface area contributed by atoms with Crippen molar-refractivity contribution in [3.05, 3.63) is 88.1 Å². The minimum Gasteiger partial charge on any atom is -0.475 e. The summed E-state index contributed by atoms with van der Waals surface area (Å²) in [5, 5.41) is 15.0. The number of hydrogen-bond donors (Lipinski definition) is 2. The highest BCUT2D eigenvalue weighted by Gasteiger charge is 2.38. The molecule has 10 heteroatoms. The molecule has 0 spiro atoms. The van der Waals surface area contributed by atoms with Crippen molar-refractivity contribution in [2.75, 3.05) is 0 Å². The van der Waals surface area contributed by atoms with Crippen molar-refractivity contribution in [1.29, 1.82) is 0 Å². The maximum absolute atomic E-state index is 12.4. The van der Waals surface area contributed by atoms with E-state index in [2.05, 4.69) is 34.7 Å². The van der Waals surface area contributed by atoms with E-state index in [1.807, 2.05) is 33.6 Å². The number of alkyl halides is 3. The highest BCUT2D eigenvalue weighted by molar-refractivity contribution is 5.73. The summed E-state index contributed by atoms with van der Waals surface area (Å²) in [5.41, 5.74) is 3.89. The second-order valence-electron chi connectivity index (χ2n) is 7.67. The third kappa shape index (κ3) is 7.04. The Kier molecular flexibility index (Phi) is 8.05. The number of aliphatic carboxylic acids is 1. The molecule has 1 aromatic carbocycles. The third-order valence-electron chi connectivity index (χ3n) is 5.38. The lowest BCUT2D eigenvalue weighted by Crippen LogP contribution is -2.37. The molecular weight excluding hydrogens is 437 g/mol. The summed E-state index contributed by atoms with van der Waals surface area (Å²) in [6.45, 7) is 2.28. The van der Waals surface area contributed by atoms with Gasteiger partial charge in [-0.2, -0.15) is 18.3 Å². The Morgan fingerprint density at radius 2 is 1.85 bits per heavy atom. The van der Waals surface area contributed by atoms with Crippen molar-refractivity contribution in [2.24, 2.45) is 0 Å². The Balaban J connectivity index is 0.000000383. The summed E-state index contributed by atoms with van der Waals surface area (Å²) in [7, 11) is 0. The summed E-state index contributed by atoms with van der Waals surface area (Å²) in [5.74, 6) is -2.76. The van der Waals surface area contributed by atoms with Gasteiger partial charge in [-0.15, -0.1) is 0 Å². The zero-order chi connectivity index (χ0) is 23.8. The Bertz CT molecular complexity index is 1100. The van der Waals surface area contributed by atoms with Gasteiger partial charge in [0.05, 0.1) is 6.54 Å². The van der Waals surface area contributed by atoms with Gasteiger partial charge in [-0.3, -0.25) is 9.48 Å². The van der Waals surface area contributed by atoms with Gasteiger partial charge >= 0.3 is 12.1 Å². The highest BCUT2D eigenvalue weighted by atomic mass is 19.4. The van der Waals surface area contributed by atoms with Crippen molar-refractivity contribution in [2.45, 2.75) is 51.1 Å². The van der Waals surface area contributed by atoms with E-state index >= 15 is 0 Å². The van der Waals surface area contributed by atoms with Crippen LogP contribution in [0, 0.1) is 0 Å². The van der Waals surface area contributed by atoms with Crippen molar-refractivity contribution < 1.29 is 23.1 Å². The first-order valence-corrected chi connectivity index (χ1v) is 10.5. The van der Waals surface area contributed by atoms with Crippen LogP contribution in [0.2, 0.25) is 0 Å². The highest BCUT2D eigenvalue weighted by Crippen LogP contribution is 2.21. The van der Waals surface area contributed by atoms with E-state index in [-0.39, 0.29) is 5.56 Å². The molecular formula is C23H25F3N4O3. The molecule has 0 amide bonds. The number of aromatic nitrogens is 3. The van der Waals surface area contributed by atoms with Crippen LogP contribution in [-0.2, 0) is 37.3 Å². The second-order valence-corrected chi connectivity index (χ2v) is 7.67. The van der Waals surface area contributed by atoms with Crippen LogP contribution in [0.15, 0.2) is 65.7 Å². The molecule has 4 rings (SSSR count). The van der Waals surface area contributed by atoms with Gasteiger partial charge in [0.1, 0.15) is 0 Å².